The fourth-order valence-corrected chi connectivity index (χ4v) is 0.969. The van der Waals surface area contributed by atoms with Crippen molar-refractivity contribution in [3.63, 3.8) is 0 Å². The first-order valence-electron chi connectivity index (χ1n) is 3.43. The van der Waals surface area contributed by atoms with Gasteiger partial charge in [-0.2, -0.15) is 0 Å². The summed E-state index contributed by atoms with van der Waals surface area (Å²) >= 11 is 0. The molecule has 0 saturated carbocycles. The Morgan fingerprint density at radius 2 is 2.33 bits per heavy atom. The Labute approximate surface area is 67.7 Å². The van der Waals surface area contributed by atoms with E-state index < -0.39 is 0 Å². The van der Waals surface area contributed by atoms with Gasteiger partial charge in [0.2, 0.25) is 0 Å². The van der Waals surface area contributed by atoms with Gasteiger partial charge in [0.1, 0.15) is 5.52 Å². The number of fused-ring (bicyclic) bond motifs is 1. The minimum atomic E-state index is -0.173. The third kappa shape index (κ3) is 0.868. The molecule has 0 saturated heterocycles. The van der Waals surface area contributed by atoms with Gasteiger partial charge in [0.15, 0.2) is 0 Å². The molecule has 12 heavy (non-hydrogen) atoms. The highest BCUT2D eigenvalue weighted by atomic mass is 16.1. The van der Waals surface area contributed by atoms with Crippen LogP contribution in [0.25, 0.3) is 10.9 Å². The molecule has 0 fully saturated rings. The molecule has 2 aromatic rings. The lowest BCUT2D eigenvalue weighted by molar-refractivity contribution is 0.656. The Bertz CT molecular complexity index is 476. The summed E-state index contributed by atoms with van der Waals surface area (Å²) in [6.45, 7) is 0. The van der Waals surface area contributed by atoms with Crippen molar-refractivity contribution < 1.29 is 0 Å². The zero-order chi connectivity index (χ0) is 8.55. The largest absolute Gasteiger partial charge is 0.278 e. The number of pyridine rings is 1. The summed E-state index contributed by atoms with van der Waals surface area (Å²) in [6, 6.07) is 1.66. The second-order valence-electron chi connectivity index (χ2n) is 2.41. The van der Waals surface area contributed by atoms with Gasteiger partial charge in [-0.25, -0.2) is 4.68 Å². The van der Waals surface area contributed by atoms with E-state index in [0.717, 1.165) is 0 Å². The fourth-order valence-electron chi connectivity index (χ4n) is 0.969. The summed E-state index contributed by atoms with van der Waals surface area (Å²) in [7, 11) is 1.56. The van der Waals surface area contributed by atoms with Gasteiger partial charge in [-0.1, -0.05) is 5.21 Å². The SMILES string of the molecule is Cn1nnc2ccncc2c1=O. The third-order valence-corrected chi connectivity index (χ3v) is 1.61. The Morgan fingerprint density at radius 3 is 3.17 bits per heavy atom. The average molecular weight is 162 g/mol. The molecule has 2 heterocycles. The molecule has 0 spiro atoms. The lowest BCUT2D eigenvalue weighted by Crippen LogP contribution is -2.20. The second-order valence-corrected chi connectivity index (χ2v) is 2.41. The predicted octanol–water partition coefficient (Wildman–Crippen LogP) is -0.276. The van der Waals surface area contributed by atoms with E-state index in [4.69, 9.17) is 0 Å². The molecule has 0 aliphatic heterocycles. The van der Waals surface area contributed by atoms with Crippen LogP contribution in [0.4, 0.5) is 0 Å². The Morgan fingerprint density at radius 1 is 1.50 bits per heavy atom. The molecule has 0 atom stereocenters. The first kappa shape index (κ1) is 6.90. The fraction of sp³-hybridized carbons (Fsp3) is 0.143. The molecule has 5 heteroatoms. The molecule has 0 radical (unpaired) electrons. The highest BCUT2D eigenvalue weighted by Crippen LogP contribution is 1.99. The normalized spacial score (nSPS) is 10.4. The van der Waals surface area contributed by atoms with E-state index in [0.29, 0.717) is 10.9 Å². The lowest BCUT2D eigenvalue weighted by atomic mass is 10.3. The van der Waals surface area contributed by atoms with Crippen molar-refractivity contribution in [2.24, 2.45) is 7.05 Å². The monoisotopic (exact) mass is 162 g/mol. The van der Waals surface area contributed by atoms with Crippen LogP contribution in [-0.2, 0) is 7.05 Å². The Kier molecular flexibility index (Phi) is 1.36. The van der Waals surface area contributed by atoms with Gasteiger partial charge in [-0.3, -0.25) is 9.78 Å². The van der Waals surface area contributed by atoms with Crippen LogP contribution in [0.1, 0.15) is 0 Å². The van der Waals surface area contributed by atoms with Crippen LogP contribution in [0.3, 0.4) is 0 Å². The number of rotatable bonds is 0. The highest BCUT2D eigenvalue weighted by Gasteiger charge is 2.00. The molecular formula is C7H6N4O. The van der Waals surface area contributed by atoms with Gasteiger partial charge in [-0.05, 0) is 6.07 Å². The molecule has 2 aromatic heterocycles. The maximum Gasteiger partial charge on any atom is 0.278 e. The van der Waals surface area contributed by atoms with Crippen LogP contribution in [0, 0.1) is 0 Å². The lowest BCUT2D eigenvalue weighted by Gasteiger charge is -1.95. The zero-order valence-corrected chi connectivity index (χ0v) is 6.43. The molecule has 5 nitrogen and oxygen atoms in total. The van der Waals surface area contributed by atoms with Crippen LogP contribution in [0.2, 0.25) is 0 Å². The van der Waals surface area contributed by atoms with Gasteiger partial charge < -0.3 is 0 Å². The number of nitrogens with zero attached hydrogens (tertiary/aromatic N) is 4. The first-order valence-corrected chi connectivity index (χ1v) is 3.43. The first-order chi connectivity index (χ1) is 5.79. The zero-order valence-electron chi connectivity index (χ0n) is 6.43. The van der Waals surface area contributed by atoms with E-state index in [1.165, 1.54) is 10.9 Å². The molecule has 0 N–H and O–H groups in total. The van der Waals surface area contributed by atoms with Gasteiger partial charge in [0.05, 0.1) is 5.39 Å². The topological polar surface area (TPSA) is 60.7 Å². The molecule has 0 amide bonds. The second kappa shape index (κ2) is 2.37. The molecule has 2 rings (SSSR count). The van der Waals surface area contributed by atoms with Crippen LogP contribution in [0.5, 0.6) is 0 Å². The maximum absolute atomic E-state index is 11.3. The number of aromatic nitrogens is 4. The minimum Gasteiger partial charge on any atom is -0.267 e. The molecular weight excluding hydrogens is 156 g/mol. The van der Waals surface area contributed by atoms with Gasteiger partial charge in [0.25, 0.3) is 5.56 Å². The van der Waals surface area contributed by atoms with Crippen LogP contribution < -0.4 is 5.56 Å². The van der Waals surface area contributed by atoms with Gasteiger partial charge >= 0.3 is 0 Å². The summed E-state index contributed by atoms with van der Waals surface area (Å²) in [4.78, 5) is 15.2. The van der Waals surface area contributed by atoms with Crippen molar-refractivity contribution in [2.45, 2.75) is 0 Å². The summed E-state index contributed by atoms with van der Waals surface area (Å²) < 4.78 is 1.18. The molecule has 60 valence electrons. The van der Waals surface area contributed by atoms with Crippen LogP contribution in [-0.4, -0.2) is 20.0 Å². The molecule has 0 unspecified atom stereocenters. The standard InChI is InChI=1S/C7H6N4O/c1-11-7(12)5-4-8-3-2-6(5)9-10-11/h2-4H,1H3. The maximum atomic E-state index is 11.3. The van der Waals surface area contributed by atoms with Gasteiger partial charge in [0, 0.05) is 19.4 Å². The average Bonchev–Trinajstić information content (AvgIpc) is 2.12. The molecule has 0 aliphatic rings. The molecule has 0 aromatic carbocycles. The number of aryl methyl sites for hydroxylation is 1. The predicted molar refractivity (Wildman–Crippen MR) is 42.6 cm³/mol. The number of hydrogen-bond acceptors (Lipinski definition) is 4. The van der Waals surface area contributed by atoms with E-state index in [1.54, 1.807) is 19.3 Å². The van der Waals surface area contributed by atoms with E-state index in [9.17, 15) is 4.79 Å². The minimum absolute atomic E-state index is 0.173. The number of hydrogen-bond donors (Lipinski definition) is 0. The van der Waals surface area contributed by atoms with Gasteiger partial charge in [-0.15, -0.1) is 5.10 Å². The summed E-state index contributed by atoms with van der Waals surface area (Å²) in [5, 5.41) is 7.94. The van der Waals surface area contributed by atoms with E-state index in [2.05, 4.69) is 15.3 Å². The van der Waals surface area contributed by atoms with Crippen LogP contribution >= 0.6 is 0 Å². The third-order valence-electron chi connectivity index (χ3n) is 1.61. The van der Waals surface area contributed by atoms with Crippen LogP contribution in [0.15, 0.2) is 23.3 Å². The summed E-state index contributed by atoms with van der Waals surface area (Å²) in [5.74, 6) is 0. The van der Waals surface area contributed by atoms with Crippen molar-refractivity contribution in [1.29, 1.82) is 0 Å². The van der Waals surface area contributed by atoms with Crippen molar-refractivity contribution in [1.82, 2.24) is 20.0 Å². The molecule has 0 aliphatic carbocycles. The van der Waals surface area contributed by atoms with Crippen molar-refractivity contribution in [2.75, 3.05) is 0 Å². The Hall–Kier alpha value is -1.78. The van der Waals surface area contributed by atoms with E-state index >= 15 is 0 Å². The quantitative estimate of drug-likeness (QED) is 0.534. The van der Waals surface area contributed by atoms with Crippen molar-refractivity contribution in [3.8, 4) is 0 Å². The highest BCUT2D eigenvalue weighted by molar-refractivity contribution is 5.75. The summed E-state index contributed by atoms with van der Waals surface area (Å²) in [6.07, 6.45) is 3.07. The van der Waals surface area contributed by atoms with Crippen molar-refractivity contribution >= 4 is 10.9 Å². The summed E-state index contributed by atoms with van der Waals surface area (Å²) in [5.41, 5.74) is 0.404. The van der Waals surface area contributed by atoms with E-state index in [-0.39, 0.29) is 5.56 Å². The smallest absolute Gasteiger partial charge is 0.267 e. The van der Waals surface area contributed by atoms with Crippen molar-refractivity contribution in [3.05, 3.63) is 28.8 Å². The van der Waals surface area contributed by atoms with E-state index in [1.807, 2.05) is 0 Å². The molecule has 0 bridgehead atoms. The Balaban J connectivity index is 3.01.